The van der Waals surface area contributed by atoms with Crippen LogP contribution in [-0.2, 0) is 4.79 Å². The number of para-hydroxylation sites is 1. The molecule has 0 aliphatic carbocycles. The number of aromatic hydroxyl groups is 2. The summed E-state index contributed by atoms with van der Waals surface area (Å²) in [6, 6.07) is 21.4. The minimum atomic E-state index is -0.430. The van der Waals surface area contributed by atoms with Gasteiger partial charge in [0.1, 0.15) is 17.2 Å². The van der Waals surface area contributed by atoms with Crippen LogP contribution < -0.4 is 10.2 Å². The van der Waals surface area contributed by atoms with Gasteiger partial charge in [0.05, 0.1) is 5.71 Å². The highest BCUT2D eigenvalue weighted by Gasteiger charge is 2.09. The van der Waals surface area contributed by atoms with Gasteiger partial charge in [-0.15, -0.1) is 0 Å². The molecule has 1 amide bonds. The molecule has 0 spiro atoms. The van der Waals surface area contributed by atoms with Gasteiger partial charge in [0, 0.05) is 17.2 Å². The highest BCUT2D eigenvalue weighted by atomic mass is 16.5. The van der Waals surface area contributed by atoms with Crippen LogP contribution in [0.1, 0.15) is 12.5 Å². The number of hydrogen-bond acceptors (Lipinski definition) is 5. The molecule has 0 saturated heterocycles. The first-order valence-electron chi connectivity index (χ1n) is 8.67. The van der Waals surface area contributed by atoms with E-state index in [1.54, 1.807) is 13.0 Å². The van der Waals surface area contributed by atoms with E-state index >= 15 is 0 Å². The lowest BCUT2D eigenvalue weighted by Gasteiger charge is -2.11. The summed E-state index contributed by atoms with van der Waals surface area (Å²) in [5, 5.41) is 23.1. The third-order valence-electron chi connectivity index (χ3n) is 4.05. The van der Waals surface area contributed by atoms with E-state index in [9.17, 15) is 15.0 Å². The Morgan fingerprint density at radius 3 is 2.46 bits per heavy atom. The van der Waals surface area contributed by atoms with E-state index in [-0.39, 0.29) is 18.1 Å². The molecule has 0 aromatic heterocycles. The Bertz CT molecular complexity index is 1000. The van der Waals surface area contributed by atoms with Crippen molar-refractivity contribution in [3.63, 3.8) is 0 Å². The predicted octanol–water partition coefficient (Wildman–Crippen LogP) is 3.68. The van der Waals surface area contributed by atoms with Gasteiger partial charge in [-0.25, -0.2) is 5.43 Å². The SMILES string of the molecule is CC(=NNC(=O)COc1ccccc1-c1ccccc1)c1ccc(O)cc1O. The molecule has 0 aliphatic heterocycles. The van der Waals surface area contributed by atoms with Crippen LogP contribution >= 0.6 is 0 Å². The highest BCUT2D eigenvalue weighted by molar-refractivity contribution is 6.01. The summed E-state index contributed by atoms with van der Waals surface area (Å²) in [5.41, 5.74) is 5.10. The first kappa shape index (κ1) is 19.0. The Kier molecular flexibility index (Phi) is 5.91. The molecule has 6 nitrogen and oxygen atoms in total. The van der Waals surface area contributed by atoms with Crippen molar-refractivity contribution in [3.05, 3.63) is 78.4 Å². The van der Waals surface area contributed by atoms with E-state index in [1.807, 2.05) is 48.5 Å². The van der Waals surface area contributed by atoms with Gasteiger partial charge in [0.15, 0.2) is 6.61 Å². The number of hydrogen-bond donors (Lipinski definition) is 3. The third-order valence-corrected chi connectivity index (χ3v) is 4.05. The van der Waals surface area contributed by atoms with Gasteiger partial charge in [-0.3, -0.25) is 4.79 Å². The Morgan fingerprint density at radius 1 is 1.00 bits per heavy atom. The average Bonchev–Trinajstić information content (AvgIpc) is 2.71. The number of hydrazone groups is 1. The first-order valence-corrected chi connectivity index (χ1v) is 8.67. The number of nitrogens with one attached hydrogen (secondary N) is 1. The minimum absolute atomic E-state index is 0.0523. The van der Waals surface area contributed by atoms with Crippen LogP contribution in [0.2, 0.25) is 0 Å². The lowest BCUT2D eigenvalue weighted by atomic mass is 10.1. The number of carbonyl (C=O) groups excluding carboxylic acids is 1. The number of phenols is 2. The largest absolute Gasteiger partial charge is 0.508 e. The molecule has 0 saturated carbocycles. The molecule has 3 rings (SSSR count). The molecule has 142 valence electrons. The van der Waals surface area contributed by atoms with Crippen molar-refractivity contribution in [3.8, 4) is 28.4 Å². The number of nitrogens with zero attached hydrogens (tertiary/aromatic N) is 1. The van der Waals surface area contributed by atoms with Crippen molar-refractivity contribution in [2.75, 3.05) is 6.61 Å². The van der Waals surface area contributed by atoms with Crippen molar-refractivity contribution in [2.24, 2.45) is 5.10 Å². The van der Waals surface area contributed by atoms with E-state index in [0.717, 1.165) is 11.1 Å². The van der Waals surface area contributed by atoms with Gasteiger partial charge in [-0.05, 0) is 30.7 Å². The number of benzene rings is 3. The molecule has 3 aromatic rings. The van der Waals surface area contributed by atoms with Crippen molar-refractivity contribution in [1.82, 2.24) is 5.43 Å². The fourth-order valence-corrected chi connectivity index (χ4v) is 2.66. The molecule has 3 N–H and O–H groups in total. The van der Waals surface area contributed by atoms with Gasteiger partial charge in [-0.2, -0.15) is 5.10 Å². The van der Waals surface area contributed by atoms with Crippen LogP contribution in [0.15, 0.2) is 77.9 Å². The number of amides is 1. The van der Waals surface area contributed by atoms with Crippen LogP contribution in [0.5, 0.6) is 17.2 Å². The zero-order valence-electron chi connectivity index (χ0n) is 15.3. The smallest absolute Gasteiger partial charge is 0.277 e. The minimum Gasteiger partial charge on any atom is -0.508 e. The molecule has 0 heterocycles. The van der Waals surface area contributed by atoms with Crippen LogP contribution in [0.4, 0.5) is 0 Å². The lowest BCUT2D eigenvalue weighted by molar-refractivity contribution is -0.123. The summed E-state index contributed by atoms with van der Waals surface area (Å²) in [6.07, 6.45) is 0. The van der Waals surface area contributed by atoms with Crippen LogP contribution in [0.25, 0.3) is 11.1 Å². The quantitative estimate of drug-likeness (QED) is 0.452. The lowest BCUT2D eigenvalue weighted by Crippen LogP contribution is -2.25. The molecular weight excluding hydrogens is 356 g/mol. The summed E-state index contributed by atoms with van der Waals surface area (Å²) in [7, 11) is 0. The zero-order valence-corrected chi connectivity index (χ0v) is 15.3. The maximum Gasteiger partial charge on any atom is 0.277 e. The molecule has 0 fully saturated rings. The topological polar surface area (TPSA) is 91.2 Å². The van der Waals surface area contributed by atoms with Crippen molar-refractivity contribution in [1.29, 1.82) is 0 Å². The molecule has 6 heteroatoms. The van der Waals surface area contributed by atoms with Gasteiger partial charge >= 0.3 is 0 Å². The fraction of sp³-hybridized carbons (Fsp3) is 0.0909. The molecule has 28 heavy (non-hydrogen) atoms. The molecule has 3 aromatic carbocycles. The second kappa shape index (κ2) is 8.73. The maximum atomic E-state index is 12.1. The van der Waals surface area contributed by atoms with E-state index in [4.69, 9.17) is 4.74 Å². The van der Waals surface area contributed by atoms with E-state index < -0.39 is 5.91 Å². The number of rotatable bonds is 6. The van der Waals surface area contributed by atoms with Crippen molar-refractivity contribution >= 4 is 11.6 Å². The van der Waals surface area contributed by atoms with Gasteiger partial charge in [-0.1, -0.05) is 48.5 Å². The van der Waals surface area contributed by atoms with Crippen molar-refractivity contribution < 1.29 is 19.7 Å². The fourth-order valence-electron chi connectivity index (χ4n) is 2.66. The van der Waals surface area contributed by atoms with E-state index in [2.05, 4.69) is 10.5 Å². The molecule has 0 aliphatic rings. The first-order chi connectivity index (χ1) is 13.5. The second-order valence-corrected chi connectivity index (χ2v) is 6.08. The molecule has 0 radical (unpaired) electrons. The maximum absolute atomic E-state index is 12.1. The standard InChI is InChI=1S/C22H20N2O4/c1-15(18-12-11-17(25)13-20(18)26)23-24-22(27)14-28-21-10-6-5-9-19(21)16-7-3-2-4-8-16/h2-13,25-26H,14H2,1H3,(H,24,27). The van der Waals surface area contributed by atoms with Crippen molar-refractivity contribution in [2.45, 2.75) is 6.92 Å². The summed E-state index contributed by atoms with van der Waals surface area (Å²) >= 11 is 0. The third kappa shape index (κ3) is 4.67. The number of carbonyl (C=O) groups is 1. The summed E-state index contributed by atoms with van der Waals surface area (Å²) in [4.78, 5) is 12.1. The zero-order chi connectivity index (χ0) is 19.9. The summed E-state index contributed by atoms with van der Waals surface area (Å²) in [6.45, 7) is 1.43. The van der Waals surface area contributed by atoms with Crippen LogP contribution in [0, 0.1) is 0 Å². The Balaban J connectivity index is 1.64. The summed E-state index contributed by atoms with van der Waals surface area (Å²) < 4.78 is 5.67. The molecular formula is C22H20N2O4. The van der Waals surface area contributed by atoms with Crippen LogP contribution in [-0.4, -0.2) is 28.4 Å². The van der Waals surface area contributed by atoms with E-state index in [1.165, 1.54) is 18.2 Å². The molecule has 0 unspecified atom stereocenters. The summed E-state index contributed by atoms with van der Waals surface area (Å²) in [5.74, 6) is -0.00619. The van der Waals surface area contributed by atoms with Crippen LogP contribution in [0.3, 0.4) is 0 Å². The van der Waals surface area contributed by atoms with Gasteiger partial charge < -0.3 is 14.9 Å². The number of phenolic OH excluding ortho intramolecular Hbond substituents is 2. The average molecular weight is 376 g/mol. The van der Waals surface area contributed by atoms with E-state index in [0.29, 0.717) is 17.0 Å². The normalized spacial score (nSPS) is 11.1. The molecule has 0 bridgehead atoms. The monoisotopic (exact) mass is 376 g/mol. The predicted molar refractivity (Wildman–Crippen MR) is 107 cm³/mol. The number of ether oxygens (including phenoxy) is 1. The second-order valence-electron chi connectivity index (χ2n) is 6.08. The van der Waals surface area contributed by atoms with Gasteiger partial charge in [0.25, 0.3) is 5.91 Å². The Labute approximate surface area is 162 Å². The Morgan fingerprint density at radius 2 is 1.71 bits per heavy atom. The van der Waals surface area contributed by atoms with Gasteiger partial charge in [0.2, 0.25) is 0 Å². The molecule has 0 atom stereocenters. The Hall–Kier alpha value is -3.80. The highest BCUT2D eigenvalue weighted by Crippen LogP contribution is 2.29.